The van der Waals surface area contributed by atoms with Crippen molar-refractivity contribution in [1.82, 2.24) is 9.78 Å². The molecule has 1 heterocycles. The van der Waals surface area contributed by atoms with Gasteiger partial charge in [0.05, 0.1) is 17.3 Å². The number of hydrogen-bond donors (Lipinski definition) is 1. The molecule has 2 atom stereocenters. The fraction of sp³-hybridized carbons (Fsp3) is 0.700. The van der Waals surface area contributed by atoms with Crippen molar-refractivity contribution >= 4 is 11.6 Å². The van der Waals surface area contributed by atoms with Crippen LogP contribution in [0, 0.1) is 5.92 Å². The quantitative estimate of drug-likeness (QED) is 0.837. The van der Waals surface area contributed by atoms with Gasteiger partial charge in [-0.15, -0.1) is 0 Å². The first kappa shape index (κ1) is 9.99. The molecular formula is C10H16ClN3. The van der Waals surface area contributed by atoms with Gasteiger partial charge in [-0.05, 0) is 31.7 Å². The predicted octanol–water partition coefficient (Wildman–Crippen LogP) is 2.23. The Balaban J connectivity index is 2.09. The minimum atomic E-state index is 0.519. The zero-order valence-corrected chi connectivity index (χ0v) is 8.95. The summed E-state index contributed by atoms with van der Waals surface area (Å²) in [5.74, 6) is 0.691. The Kier molecular flexibility index (Phi) is 3.08. The second kappa shape index (κ2) is 4.32. The van der Waals surface area contributed by atoms with E-state index in [2.05, 4.69) is 5.10 Å². The number of nitrogens with zero attached hydrogens (tertiary/aromatic N) is 2. The van der Waals surface area contributed by atoms with Crippen LogP contribution < -0.4 is 5.73 Å². The molecule has 0 saturated heterocycles. The van der Waals surface area contributed by atoms with E-state index >= 15 is 0 Å². The maximum atomic E-state index is 5.86. The van der Waals surface area contributed by atoms with Crippen molar-refractivity contribution in [2.75, 3.05) is 6.54 Å². The maximum absolute atomic E-state index is 5.86. The molecule has 2 N–H and O–H groups in total. The lowest BCUT2D eigenvalue weighted by molar-refractivity contribution is 0.337. The zero-order chi connectivity index (χ0) is 9.97. The molecule has 0 aliphatic heterocycles. The van der Waals surface area contributed by atoms with Gasteiger partial charge in [-0.25, -0.2) is 0 Å². The average Bonchev–Trinajstić information content (AvgIpc) is 2.74. The smallest absolute Gasteiger partial charge is 0.0785 e. The summed E-state index contributed by atoms with van der Waals surface area (Å²) in [6, 6.07) is 0.519. The average molecular weight is 214 g/mol. The molecule has 4 heteroatoms. The van der Waals surface area contributed by atoms with E-state index in [1.165, 1.54) is 19.3 Å². The van der Waals surface area contributed by atoms with Crippen LogP contribution in [0.3, 0.4) is 0 Å². The summed E-state index contributed by atoms with van der Waals surface area (Å²) in [7, 11) is 0. The van der Waals surface area contributed by atoms with Crippen LogP contribution in [0.5, 0.6) is 0 Å². The van der Waals surface area contributed by atoms with E-state index in [0.29, 0.717) is 12.0 Å². The monoisotopic (exact) mass is 213 g/mol. The summed E-state index contributed by atoms with van der Waals surface area (Å²) in [4.78, 5) is 0. The van der Waals surface area contributed by atoms with Crippen LogP contribution in [0.2, 0.25) is 5.02 Å². The molecule has 1 fully saturated rings. The molecule has 1 saturated carbocycles. The topological polar surface area (TPSA) is 43.8 Å². The van der Waals surface area contributed by atoms with E-state index < -0.39 is 0 Å². The highest BCUT2D eigenvalue weighted by Crippen LogP contribution is 2.37. The molecular weight excluding hydrogens is 198 g/mol. The first-order valence-electron chi connectivity index (χ1n) is 5.21. The van der Waals surface area contributed by atoms with E-state index in [9.17, 15) is 0 Å². The van der Waals surface area contributed by atoms with E-state index in [-0.39, 0.29) is 0 Å². The largest absolute Gasteiger partial charge is 0.330 e. The van der Waals surface area contributed by atoms with Gasteiger partial charge in [-0.2, -0.15) is 5.10 Å². The number of rotatable bonds is 3. The minimum absolute atomic E-state index is 0.519. The van der Waals surface area contributed by atoms with Crippen molar-refractivity contribution in [3.8, 4) is 0 Å². The predicted molar refractivity (Wildman–Crippen MR) is 57.3 cm³/mol. The van der Waals surface area contributed by atoms with Gasteiger partial charge in [0.1, 0.15) is 0 Å². The summed E-state index contributed by atoms with van der Waals surface area (Å²) < 4.78 is 2.01. The number of aromatic nitrogens is 2. The van der Waals surface area contributed by atoms with Gasteiger partial charge in [0.2, 0.25) is 0 Å². The summed E-state index contributed by atoms with van der Waals surface area (Å²) in [6.07, 6.45) is 8.50. The Bertz CT molecular complexity index is 297. The molecule has 0 radical (unpaired) electrons. The highest BCUT2D eigenvalue weighted by Gasteiger charge is 2.28. The van der Waals surface area contributed by atoms with Crippen LogP contribution in [-0.2, 0) is 0 Å². The molecule has 3 nitrogen and oxygen atoms in total. The molecule has 78 valence electrons. The van der Waals surface area contributed by atoms with Crippen LogP contribution in [0.15, 0.2) is 12.4 Å². The van der Waals surface area contributed by atoms with E-state index in [1.807, 2.05) is 10.9 Å². The van der Waals surface area contributed by atoms with Gasteiger partial charge in [-0.1, -0.05) is 18.0 Å². The third-order valence-electron chi connectivity index (χ3n) is 3.07. The lowest BCUT2D eigenvalue weighted by Crippen LogP contribution is -2.17. The molecule has 1 aliphatic rings. The summed E-state index contributed by atoms with van der Waals surface area (Å²) in [6.45, 7) is 0.774. The van der Waals surface area contributed by atoms with Crippen LogP contribution in [0.4, 0.5) is 0 Å². The second-order valence-electron chi connectivity index (χ2n) is 3.97. The Hall–Kier alpha value is -0.540. The SMILES string of the molecule is NCCC1CCCC1n1cc(Cl)cn1. The molecule has 1 aromatic heterocycles. The molecule has 0 amide bonds. The second-order valence-corrected chi connectivity index (χ2v) is 4.41. The molecule has 2 rings (SSSR count). The number of halogens is 1. The third-order valence-corrected chi connectivity index (χ3v) is 3.26. The highest BCUT2D eigenvalue weighted by molar-refractivity contribution is 6.30. The number of hydrogen-bond acceptors (Lipinski definition) is 2. The van der Waals surface area contributed by atoms with Crippen molar-refractivity contribution in [2.24, 2.45) is 11.7 Å². The Morgan fingerprint density at radius 3 is 3.07 bits per heavy atom. The van der Waals surface area contributed by atoms with Crippen LogP contribution in [0.1, 0.15) is 31.7 Å². The molecule has 14 heavy (non-hydrogen) atoms. The third kappa shape index (κ3) is 1.93. The van der Waals surface area contributed by atoms with E-state index in [0.717, 1.165) is 18.0 Å². The van der Waals surface area contributed by atoms with Crippen molar-refractivity contribution in [1.29, 1.82) is 0 Å². The fourth-order valence-electron chi connectivity index (χ4n) is 2.41. The van der Waals surface area contributed by atoms with Crippen molar-refractivity contribution in [3.05, 3.63) is 17.4 Å². The first-order chi connectivity index (χ1) is 6.81. The summed E-state index contributed by atoms with van der Waals surface area (Å²) >= 11 is 5.86. The van der Waals surface area contributed by atoms with Crippen molar-refractivity contribution < 1.29 is 0 Å². The maximum Gasteiger partial charge on any atom is 0.0785 e. The van der Waals surface area contributed by atoms with E-state index in [1.54, 1.807) is 6.20 Å². The Morgan fingerprint density at radius 1 is 1.57 bits per heavy atom. The molecule has 1 aliphatic carbocycles. The van der Waals surface area contributed by atoms with Crippen LogP contribution in [-0.4, -0.2) is 16.3 Å². The number of nitrogens with two attached hydrogens (primary N) is 1. The summed E-state index contributed by atoms with van der Waals surface area (Å²) in [5.41, 5.74) is 5.60. The van der Waals surface area contributed by atoms with Crippen molar-refractivity contribution in [2.45, 2.75) is 31.7 Å². The van der Waals surface area contributed by atoms with Crippen molar-refractivity contribution in [3.63, 3.8) is 0 Å². The minimum Gasteiger partial charge on any atom is -0.330 e. The van der Waals surface area contributed by atoms with Gasteiger partial charge in [0.15, 0.2) is 0 Å². The van der Waals surface area contributed by atoms with E-state index in [4.69, 9.17) is 17.3 Å². The molecule has 0 bridgehead atoms. The van der Waals surface area contributed by atoms with Gasteiger partial charge < -0.3 is 5.73 Å². The first-order valence-corrected chi connectivity index (χ1v) is 5.59. The molecule has 2 unspecified atom stereocenters. The van der Waals surface area contributed by atoms with Crippen LogP contribution >= 0.6 is 11.6 Å². The van der Waals surface area contributed by atoms with Gasteiger partial charge in [0.25, 0.3) is 0 Å². The molecule has 0 spiro atoms. The van der Waals surface area contributed by atoms with Gasteiger partial charge in [-0.3, -0.25) is 4.68 Å². The fourth-order valence-corrected chi connectivity index (χ4v) is 2.56. The van der Waals surface area contributed by atoms with Gasteiger partial charge in [0, 0.05) is 6.20 Å². The highest BCUT2D eigenvalue weighted by atomic mass is 35.5. The lowest BCUT2D eigenvalue weighted by Gasteiger charge is -2.19. The standard InChI is InChI=1S/C10H16ClN3/c11-9-6-13-14(7-9)10-3-1-2-8(10)4-5-12/h6-8,10H,1-5,12H2. The molecule has 1 aromatic rings. The molecule has 0 aromatic carbocycles. The normalized spacial score (nSPS) is 27.0. The van der Waals surface area contributed by atoms with Gasteiger partial charge >= 0.3 is 0 Å². The zero-order valence-electron chi connectivity index (χ0n) is 8.19. The van der Waals surface area contributed by atoms with Crippen LogP contribution in [0.25, 0.3) is 0 Å². The Labute approximate surface area is 89.2 Å². The Morgan fingerprint density at radius 2 is 2.43 bits per heavy atom. The summed E-state index contributed by atoms with van der Waals surface area (Å²) in [5, 5.41) is 5.00. The lowest BCUT2D eigenvalue weighted by atomic mass is 10.00.